The molecule has 0 aromatic heterocycles. The molecule has 1 aliphatic carbocycles. The predicted molar refractivity (Wildman–Crippen MR) is 46.3 cm³/mol. The Kier molecular flexibility index (Phi) is 3.57. The molecule has 1 fully saturated rings. The molecule has 0 aromatic rings. The fourth-order valence-corrected chi connectivity index (χ4v) is 2.05. The van der Waals surface area contributed by atoms with E-state index in [0.717, 1.165) is 5.92 Å². The third kappa shape index (κ3) is 2.51. The Morgan fingerprint density at radius 3 is 2.70 bits per heavy atom. The smallest absolute Gasteiger partial charge is 0.0547 e. The van der Waals surface area contributed by atoms with Crippen LogP contribution in [-0.2, 0) is 0 Å². The van der Waals surface area contributed by atoms with Crippen LogP contribution in [-0.4, -0.2) is 22.7 Å². The molecular formula is C8H16OS. The molecule has 1 atom stereocenters. The number of hydrogen-bond acceptors (Lipinski definition) is 2. The maximum absolute atomic E-state index is 8.72. The average Bonchev–Trinajstić information content (AvgIpc) is 1.84. The van der Waals surface area contributed by atoms with Gasteiger partial charge in [0.15, 0.2) is 0 Å². The Balaban J connectivity index is 1.93. The molecule has 1 aliphatic rings. The minimum Gasteiger partial charge on any atom is -0.395 e. The summed E-state index contributed by atoms with van der Waals surface area (Å²) < 4.78 is 0. The zero-order chi connectivity index (χ0) is 7.40. The molecule has 2 heteroatoms. The first-order valence-electron chi connectivity index (χ1n) is 4.05. The molecule has 1 rings (SSSR count). The van der Waals surface area contributed by atoms with E-state index >= 15 is 0 Å². The number of hydrogen-bond donors (Lipinski definition) is 1. The van der Waals surface area contributed by atoms with E-state index in [1.165, 1.54) is 25.0 Å². The summed E-state index contributed by atoms with van der Waals surface area (Å²) in [6, 6.07) is 0. The second kappa shape index (κ2) is 4.24. The van der Waals surface area contributed by atoms with E-state index in [2.05, 4.69) is 6.92 Å². The van der Waals surface area contributed by atoms with E-state index in [1.807, 2.05) is 11.8 Å². The van der Waals surface area contributed by atoms with Crippen LogP contribution in [0.5, 0.6) is 0 Å². The van der Waals surface area contributed by atoms with Crippen molar-refractivity contribution < 1.29 is 5.11 Å². The van der Waals surface area contributed by atoms with Crippen LogP contribution in [0.4, 0.5) is 0 Å². The van der Waals surface area contributed by atoms with Gasteiger partial charge in [0.05, 0.1) is 6.61 Å². The molecule has 0 bridgehead atoms. The highest BCUT2D eigenvalue weighted by Gasteiger charge is 2.17. The highest BCUT2D eigenvalue weighted by atomic mass is 32.2. The summed E-state index contributed by atoms with van der Waals surface area (Å²) in [4.78, 5) is 0. The van der Waals surface area contributed by atoms with Gasteiger partial charge in [-0.15, -0.1) is 0 Å². The lowest BCUT2D eigenvalue weighted by molar-refractivity contribution is 0.299. The van der Waals surface area contributed by atoms with Gasteiger partial charge in [0.2, 0.25) is 0 Å². The highest BCUT2D eigenvalue weighted by molar-refractivity contribution is 7.99. The fraction of sp³-hybridized carbons (Fsp3) is 1.00. The van der Waals surface area contributed by atoms with Crippen molar-refractivity contribution in [2.24, 2.45) is 5.92 Å². The molecule has 1 nitrogen and oxygen atoms in total. The lowest BCUT2D eigenvalue weighted by Gasteiger charge is -2.25. The molecule has 10 heavy (non-hydrogen) atoms. The topological polar surface area (TPSA) is 20.2 Å². The van der Waals surface area contributed by atoms with E-state index in [9.17, 15) is 0 Å². The molecule has 1 N–H and O–H groups in total. The second-order valence-corrected chi connectivity index (χ2v) is 4.59. The summed E-state index contributed by atoms with van der Waals surface area (Å²) in [6.07, 6.45) is 4.27. The summed E-state index contributed by atoms with van der Waals surface area (Å²) in [6.45, 7) is 2.42. The Morgan fingerprint density at radius 2 is 2.30 bits per heavy atom. The zero-order valence-electron chi connectivity index (χ0n) is 6.55. The minimum absolute atomic E-state index is 0.331. The van der Waals surface area contributed by atoms with Crippen LogP contribution in [0.2, 0.25) is 0 Å². The highest BCUT2D eigenvalue weighted by Crippen LogP contribution is 2.30. The van der Waals surface area contributed by atoms with Gasteiger partial charge < -0.3 is 5.11 Å². The normalized spacial score (nSPS) is 22.2. The van der Waals surface area contributed by atoms with Gasteiger partial charge in [0.1, 0.15) is 0 Å². The Labute approximate surface area is 67.2 Å². The van der Waals surface area contributed by atoms with Crippen molar-refractivity contribution in [1.82, 2.24) is 0 Å². The molecule has 60 valence electrons. The van der Waals surface area contributed by atoms with Crippen LogP contribution in [0.3, 0.4) is 0 Å². The number of aliphatic hydroxyl groups excluding tert-OH is 1. The van der Waals surface area contributed by atoms with Crippen LogP contribution >= 0.6 is 11.8 Å². The van der Waals surface area contributed by atoms with Gasteiger partial charge >= 0.3 is 0 Å². The zero-order valence-corrected chi connectivity index (χ0v) is 7.36. The van der Waals surface area contributed by atoms with Crippen molar-refractivity contribution in [2.45, 2.75) is 31.4 Å². The first kappa shape index (κ1) is 8.41. The SMILES string of the molecule is CC(CO)SCC1CCC1. The largest absolute Gasteiger partial charge is 0.395 e. The first-order chi connectivity index (χ1) is 4.83. The molecule has 0 heterocycles. The number of rotatable bonds is 4. The fourth-order valence-electron chi connectivity index (χ4n) is 1.01. The van der Waals surface area contributed by atoms with Crippen LogP contribution in [0.15, 0.2) is 0 Å². The first-order valence-corrected chi connectivity index (χ1v) is 5.10. The van der Waals surface area contributed by atoms with Gasteiger partial charge in [-0.3, -0.25) is 0 Å². The van der Waals surface area contributed by atoms with E-state index < -0.39 is 0 Å². The molecule has 0 aliphatic heterocycles. The van der Waals surface area contributed by atoms with Crippen LogP contribution in [0.1, 0.15) is 26.2 Å². The molecular weight excluding hydrogens is 144 g/mol. The van der Waals surface area contributed by atoms with Gasteiger partial charge in [-0.25, -0.2) is 0 Å². The molecule has 1 unspecified atom stereocenters. The monoisotopic (exact) mass is 160 g/mol. The molecule has 0 amide bonds. The van der Waals surface area contributed by atoms with E-state index in [4.69, 9.17) is 5.11 Å². The number of aliphatic hydroxyl groups is 1. The lowest BCUT2D eigenvalue weighted by atomic mass is 9.87. The van der Waals surface area contributed by atoms with E-state index in [-0.39, 0.29) is 0 Å². The maximum Gasteiger partial charge on any atom is 0.0547 e. The summed E-state index contributed by atoms with van der Waals surface area (Å²) >= 11 is 1.91. The third-order valence-corrected chi connectivity index (χ3v) is 3.48. The quantitative estimate of drug-likeness (QED) is 0.678. The van der Waals surface area contributed by atoms with Gasteiger partial charge in [-0.2, -0.15) is 11.8 Å². The molecule has 0 aromatic carbocycles. The summed E-state index contributed by atoms with van der Waals surface area (Å²) in [5.41, 5.74) is 0. The van der Waals surface area contributed by atoms with Crippen molar-refractivity contribution in [2.75, 3.05) is 12.4 Å². The maximum atomic E-state index is 8.72. The standard InChI is InChI=1S/C8H16OS/c1-7(5-9)10-6-8-3-2-4-8/h7-9H,2-6H2,1H3. The van der Waals surface area contributed by atoms with Crippen LogP contribution in [0, 0.1) is 5.92 Å². The Bertz CT molecular complexity index is 86.5. The van der Waals surface area contributed by atoms with Crippen LogP contribution < -0.4 is 0 Å². The van der Waals surface area contributed by atoms with Crippen molar-refractivity contribution >= 4 is 11.8 Å². The Morgan fingerprint density at radius 1 is 1.60 bits per heavy atom. The molecule has 0 radical (unpaired) electrons. The summed E-state index contributed by atoms with van der Waals surface area (Å²) in [7, 11) is 0. The van der Waals surface area contributed by atoms with Gasteiger partial charge in [0.25, 0.3) is 0 Å². The summed E-state index contributed by atoms with van der Waals surface area (Å²) in [5, 5.41) is 9.16. The minimum atomic E-state index is 0.331. The number of thioether (sulfide) groups is 1. The second-order valence-electron chi connectivity index (χ2n) is 3.12. The molecule has 0 saturated heterocycles. The third-order valence-electron chi connectivity index (χ3n) is 2.10. The van der Waals surface area contributed by atoms with Gasteiger partial charge in [-0.05, 0) is 24.5 Å². The van der Waals surface area contributed by atoms with E-state index in [1.54, 1.807) is 0 Å². The summed E-state index contributed by atoms with van der Waals surface area (Å²) in [5.74, 6) is 2.24. The van der Waals surface area contributed by atoms with Gasteiger partial charge in [0, 0.05) is 5.25 Å². The molecule has 0 spiro atoms. The average molecular weight is 160 g/mol. The molecule has 1 saturated carbocycles. The van der Waals surface area contributed by atoms with Crippen molar-refractivity contribution in [1.29, 1.82) is 0 Å². The lowest BCUT2D eigenvalue weighted by Crippen LogP contribution is -2.16. The van der Waals surface area contributed by atoms with Crippen molar-refractivity contribution in [3.8, 4) is 0 Å². The van der Waals surface area contributed by atoms with Crippen molar-refractivity contribution in [3.63, 3.8) is 0 Å². The van der Waals surface area contributed by atoms with E-state index in [0.29, 0.717) is 11.9 Å². The van der Waals surface area contributed by atoms with Gasteiger partial charge in [-0.1, -0.05) is 13.3 Å². The van der Waals surface area contributed by atoms with Crippen molar-refractivity contribution in [3.05, 3.63) is 0 Å². The predicted octanol–water partition coefficient (Wildman–Crippen LogP) is 1.90. The van der Waals surface area contributed by atoms with Crippen LogP contribution in [0.25, 0.3) is 0 Å². The Hall–Kier alpha value is 0.310.